The molecule has 3 nitrogen and oxygen atoms in total. The normalized spacial score (nSPS) is 12.7. The maximum atomic E-state index is 10.5. The van der Waals surface area contributed by atoms with Gasteiger partial charge in [-0.2, -0.15) is 11.8 Å². The van der Waals surface area contributed by atoms with Crippen LogP contribution in [-0.4, -0.2) is 11.2 Å². The third-order valence-electron chi connectivity index (χ3n) is 2.32. The van der Waals surface area contributed by atoms with Gasteiger partial charge in [-0.05, 0) is 19.4 Å². The zero-order valence-electron chi connectivity index (χ0n) is 9.20. The minimum atomic E-state index is -1.25. The number of aromatic carboxylic acids is 1. The largest absolute Gasteiger partial charge is 0.542 e. The number of hydrogen-bond acceptors (Lipinski definition) is 4. The van der Waals surface area contributed by atoms with Crippen molar-refractivity contribution in [3.05, 3.63) is 23.2 Å². The van der Waals surface area contributed by atoms with Gasteiger partial charge >= 0.3 is 0 Å². The lowest BCUT2D eigenvalue weighted by Crippen LogP contribution is -2.21. The summed E-state index contributed by atoms with van der Waals surface area (Å²) in [6.07, 6.45) is 1.11. The topological polar surface area (TPSA) is 53.3 Å². The van der Waals surface area contributed by atoms with Gasteiger partial charge in [-0.3, -0.25) is 0 Å². The summed E-state index contributed by atoms with van der Waals surface area (Å²) in [5, 5.41) is 11.1. The lowest BCUT2D eigenvalue weighted by Gasteiger charge is -2.06. The zero-order valence-corrected chi connectivity index (χ0v) is 10.0. The second kappa shape index (κ2) is 5.26. The molecule has 84 valence electrons. The Morgan fingerprint density at radius 2 is 2.33 bits per heavy atom. The summed E-state index contributed by atoms with van der Waals surface area (Å²) in [4.78, 5) is 10.5. The second-order valence-corrected chi connectivity index (χ2v) is 4.94. The highest BCUT2D eigenvalue weighted by Crippen LogP contribution is 2.23. The Balaban J connectivity index is 2.65. The van der Waals surface area contributed by atoms with Crippen molar-refractivity contribution in [2.45, 2.75) is 38.2 Å². The Morgan fingerprint density at radius 1 is 1.67 bits per heavy atom. The van der Waals surface area contributed by atoms with E-state index in [-0.39, 0.29) is 5.76 Å². The monoisotopic (exact) mass is 227 g/mol. The number of carbonyl (C=O) groups is 1. The number of aryl methyl sites for hydroxylation is 1. The van der Waals surface area contributed by atoms with E-state index in [1.807, 2.05) is 0 Å². The highest BCUT2D eigenvalue weighted by Gasteiger charge is 2.09. The Bertz CT molecular complexity index is 344. The highest BCUT2D eigenvalue weighted by molar-refractivity contribution is 7.99. The molecule has 0 amide bonds. The number of thioether (sulfide) groups is 1. The maximum Gasteiger partial charge on any atom is 0.150 e. The van der Waals surface area contributed by atoms with Crippen molar-refractivity contribution in [3.8, 4) is 0 Å². The van der Waals surface area contributed by atoms with Crippen molar-refractivity contribution in [2.75, 3.05) is 0 Å². The highest BCUT2D eigenvalue weighted by atomic mass is 32.2. The van der Waals surface area contributed by atoms with E-state index in [1.165, 1.54) is 0 Å². The quantitative estimate of drug-likeness (QED) is 0.772. The second-order valence-electron chi connectivity index (χ2n) is 3.51. The lowest BCUT2D eigenvalue weighted by atomic mass is 10.3. The van der Waals surface area contributed by atoms with Gasteiger partial charge in [0.05, 0.1) is 0 Å². The Kier molecular flexibility index (Phi) is 4.27. The molecule has 1 aromatic rings. The minimum absolute atomic E-state index is 0.0766. The number of carboxylic acid groups (broad SMARTS) is 1. The Labute approximate surface area is 93.9 Å². The smallest absolute Gasteiger partial charge is 0.150 e. The maximum absolute atomic E-state index is 10.5. The molecule has 0 bridgehead atoms. The van der Waals surface area contributed by atoms with Gasteiger partial charge in [0.2, 0.25) is 0 Å². The molecule has 1 atom stereocenters. The van der Waals surface area contributed by atoms with Crippen LogP contribution in [0.5, 0.6) is 0 Å². The molecule has 1 aromatic heterocycles. The fourth-order valence-electron chi connectivity index (χ4n) is 1.11. The molecular weight excluding hydrogens is 212 g/mol. The van der Waals surface area contributed by atoms with E-state index in [0.29, 0.717) is 11.0 Å². The van der Waals surface area contributed by atoms with Crippen molar-refractivity contribution in [1.29, 1.82) is 0 Å². The first-order valence-corrected chi connectivity index (χ1v) is 6.01. The molecule has 0 radical (unpaired) electrons. The third kappa shape index (κ3) is 3.30. The minimum Gasteiger partial charge on any atom is -0.542 e. The SMILES string of the molecule is CCC(C)SCc1cc(C(=O)[O-])oc1C. The molecule has 0 saturated carbocycles. The molecule has 0 aliphatic heterocycles. The molecule has 0 N–H and O–H groups in total. The number of carboxylic acids is 1. The van der Waals surface area contributed by atoms with Crippen molar-refractivity contribution in [2.24, 2.45) is 0 Å². The average molecular weight is 227 g/mol. The fourth-order valence-corrected chi connectivity index (χ4v) is 2.10. The fraction of sp³-hybridized carbons (Fsp3) is 0.545. The summed E-state index contributed by atoms with van der Waals surface area (Å²) in [5.74, 6) is 0.132. The van der Waals surface area contributed by atoms with E-state index < -0.39 is 5.97 Å². The predicted octanol–water partition coefficient (Wildman–Crippen LogP) is 1.98. The number of rotatable bonds is 5. The number of hydrogen-bond donors (Lipinski definition) is 0. The first-order valence-electron chi connectivity index (χ1n) is 4.96. The molecule has 0 aromatic carbocycles. The van der Waals surface area contributed by atoms with E-state index in [0.717, 1.165) is 17.7 Å². The zero-order chi connectivity index (χ0) is 11.4. The summed E-state index contributed by atoms with van der Waals surface area (Å²) in [6.45, 7) is 6.06. The van der Waals surface area contributed by atoms with Crippen LogP contribution >= 0.6 is 11.8 Å². The van der Waals surface area contributed by atoms with Gasteiger partial charge in [-0.15, -0.1) is 0 Å². The first kappa shape index (κ1) is 12.2. The van der Waals surface area contributed by atoms with Gasteiger partial charge in [0.25, 0.3) is 0 Å². The predicted molar refractivity (Wildman–Crippen MR) is 58.8 cm³/mol. The third-order valence-corrected chi connectivity index (χ3v) is 3.70. The molecular formula is C11H15O3S-. The molecule has 0 spiro atoms. The number of carbonyl (C=O) groups excluding carboxylic acids is 1. The average Bonchev–Trinajstić information content (AvgIpc) is 2.56. The lowest BCUT2D eigenvalue weighted by molar-refractivity contribution is -0.257. The molecule has 0 saturated heterocycles. The van der Waals surface area contributed by atoms with Gasteiger partial charge in [-0.25, -0.2) is 0 Å². The molecule has 15 heavy (non-hydrogen) atoms. The van der Waals surface area contributed by atoms with Crippen LogP contribution in [-0.2, 0) is 5.75 Å². The molecule has 1 heterocycles. The van der Waals surface area contributed by atoms with E-state index in [1.54, 1.807) is 24.8 Å². The van der Waals surface area contributed by atoms with Gasteiger partial charge in [-0.1, -0.05) is 13.8 Å². The summed E-state index contributed by atoms with van der Waals surface area (Å²) in [5.41, 5.74) is 0.944. The van der Waals surface area contributed by atoms with Gasteiger partial charge in [0.15, 0.2) is 0 Å². The van der Waals surface area contributed by atoms with E-state index >= 15 is 0 Å². The molecule has 1 rings (SSSR count). The van der Waals surface area contributed by atoms with E-state index in [4.69, 9.17) is 4.42 Å². The molecule has 1 unspecified atom stereocenters. The van der Waals surface area contributed by atoms with Crippen LogP contribution in [0.1, 0.15) is 42.1 Å². The standard InChI is InChI=1S/C11H16O3S/c1-4-7(2)15-6-9-5-10(11(12)13)14-8(9)3/h5,7H,4,6H2,1-3H3,(H,12,13)/p-1. The Hall–Kier alpha value is -0.900. The van der Waals surface area contributed by atoms with Crippen LogP contribution in [0.15, 0.2) is 10.5 Å². The summed E-state index contributed by atoms with van der Waals surface area (Å²) >= 11 is 1.80. The van der Waals surface area contributed by atoms with Crippen LogP contribution in [0, 0.1) is 6.92 Å². The first-order chi connectivity index (χ1) is 7.04. The number of furan rings is 1. The molecule has 0 aliphatic rings. The van der Waals surface area contributed by atoms with E-state index in [2.05, 4.69) is 13.8 Å². The van der Waals surface area contributed by atoms with Gasteiger partial charge in [0, 0.05) is 16.6 Å². The summed E-state index contributed by atoms with van der Waals surface area (Å²) in [7, 11) is 0. The van der Waals surface area contributed by atoms with Gasteiger partial charge in [0.1, 0.15) is 17.5 Å². The summed E-state index contributed by atoms with van der Waals surface area (Å²) in [6, 6.07) is 1.56. The molecule has 0 aliphatic carbocycles. The van der Waals surface area contributed by atoms with Crippen molar-refractivity contribution < 1.29 is 14.3 Å². The molecule has 4 heteroatoms. The van der Waals surface area contributed by atoms with Crippen LogP contribution < -0.4 is 5.11 Å². The van der Waals surface area contributed by atoms with E-state index in [9.17, 15) is 9.90 Å². The van der Waals surface area contributed by atoms with Gasteiger partial charge < -0.3 is 14.3 Å². The van der Waals surface area contributed by atoms with Crippen molar-refractivity contribution in [1.82, 2.24) is 0 Å². The van der Waals surface area contributed by atoms with Crippen LogP contribution in [0.3, 0.4) is 0 Å². The molecule has 0 fully saturated rings. The van der Waals surface area contributed by atoms with Crippen LogP contribution in [0.2, 0.25) is 0 Å². The van der Waals surface area contributed by atoms with Crippen molar-refractivity contribution >= 4 is 17.7 Å². The van der Waals surface area contributed by atoms with Crippen molar-refractivity contribution in [3.63, 3.8) is 0 Å². The Morgan fingerprint density at radius 3 is 2.80 bits per heavy atom. The summed E-state index contributed by atoms with van der Waals surface area (Å²) < 4.78 is 5.07. The van der Waals surface area contributed by atoms with Crippen LogP contribution in [0.25, 0.3) is 0 Å². The van der Waals surface area contributed by atoms with Crippen LogP contribution in [0.4, 0.5) is 0 Å².